The fourth-order valence-electron chi connectivity index (χ4n) is 13.6. The molecule has 0 aromatic heterocycles. The average molecular weight is 843 g/mol. The maximum atomic E-state index is 5.75. The van der Waals surface area contributed by atoms with Crippen molar-refractivity contribution in [3.05, 3.63) is 140 Å². The molecule has 9 atom stereocenters. The molecule has 1 fully saturated rings. The van der Waals surface area contributed by atoms with Crippen LogP contribution in [0.4, 0.5) is 0 Å². The van der Waals surface area contributed by atoms with Crippen molar-refractivity contribution in [3.63, 3.8) is 0 Å². The molecule has 0 aromatic carbocycles. The first-order chi connectivity index (χ1) is 30.7. The number of hydrogen-bond donors (Lipinski definition) is 2. The van der Waals surface area contributed by atoms with Gasteiger partial charge in [-0.05, 0) is 157 Å². The van der Waals surface area contributed by atoms with E-state index in [-0.39, 0.29) is 6.17 Å². The van der Waals surface area contributed by atoms with E-state index in [2.05, 4.69) is 112 Å². The van der Waals surface area contributed by atoms with Crippen molar-refractivity contribution in [3.8, 4) is 0 Å². The van der Waals surface area contributed by atoms with Crippen LogP contribution in [0, 0.1) is 35.5 Å². The van der Waals surface area contributed by atoms with Gasteiger partial charge in [-0.2, -0.15) is 0 Å². The zero-order valence-corrected chi connectivity index (χ0v) is 37.8. The molecule has 0 spiro atoms. The highest BCUT2D eigenvalue weighted by Crippen LogP contribution is 2.58. The Bertz CT molecular complexity index is 2300. The summed E-state index contributed by atoms with van der Waals surface area (Å²) in [6, 6.07) is 0.579. The molecule has 12 rings (SSSR count). The minimum atomic E-state index is -0.00923. The third-order valence-electron chi connectivity index (χ3n) is 16.8. The first kappa shape index (κ1) is 39.7. The number of nitrogens with one attached hydrogen (secondary N) is 1. The monoisotopic (exact) mass is 843 g/mol. The molecule has 0 saturated carbocycles. The lowest BCUT2D eigenvalue weighted by Gasteiger charge is -2.37. The number of rotatable bonds is 7. The van der Waals surface area contributed by atoms with Gasteiger partial charge in [0.1, 0.15) is 23.5 Å². The van der Waals surface area contributed by atoms with Crippen LogP contribution in [0.3, 0.4) is 0 Å². The molecule has 12 aliphatic rings. The zero-order valence-electron chi connectivity index (χ0n) is 37.0. The van der Waals surface area contributed by atoms with Crippen LogP contribution in [0.5, 0.6) is 0 Å². The van der Waals surface area contributed by atoms with Crippen molar-refractivity contribution in [2.75, 3.05) is 6.54 Å². The van der Waals surface area contributed by atoms with Gasteiger partial charge in [-0.1, -0.05) is 84.6 Å². The molecule has 0 bridgehead atoms. The largest absolute Gasteiger partial charge is 0.344 e. The molecule has 0 aromatic rings. The molecule has 3 N–H and O–H groups in total. The number of nitrogens with two attached hydrogens (primary N) is 1. The Morgan fingerprint density at radius 2 is 1.73 bits per heavy atom. The number of fused-ring (bicyclic) bond motifs is 5. The third-order valence-corrected chi connectivity index (χ3v) is 18.2. The molecular formula is C56H68N5S+. The van der Waals surface area contributed by atoms with Crippen LogP contribution in [-0.4, -0.2) is 40.6 Å². The highest BCUT2D eigenvalue weighted by atomic mass is 32.2. The topological polar surface area (TPSA) is 56.6 Å². The lowest BCUT2D eigenvalue weighted by atomic mass is 9.71. The lowest BCUT2D eigenvalue weighted by molar-refractivity contribution is -0.615. The van der Waals surface area contributed by atoms with Gasteiger partial charge in [0.05, 0.1) is 12.1 Å². The van der Waals surface area contributed by atoms with E-state index in [1.54, 1.807) is 44.2 Å². The van der Waals surface area contributed by atoms with E-state index in [4.69, 9.17) is 9.98 Å². The SMILES string of the molecule is C1=CCCC(N2C3=C(C=C4C5=CCCC(C6=C(C7=NC(C8CC=CCC8)N=C(C8C=CCCC8)N7)CC(C7C=CCC(C8=CCCCC8)C7)C[NH2+]6)=C5SC4C3)C3C=CCCC32)=C1. The number of thioether (sulfide) groups is 1. The fourth-order valence-corrected chi connectivity index (χ4v) is 15.1. The first-order valence-electron chi connectivity index (χ1n) is 25.3. The number of hydrogen-bond acceptors (Lipinski definition) is 5. The molecule has 5 nitrogen and oxygen atoms in total. The fraction of sp³-hybridized carbons (Fsp3) is 0.536. The molecule has 0 radical (unpaired) electrons. The molecule has 8 aliphatic carbocycles. The summed E-state index contributed by atoms with van der Waals surface area (Å²) in [5.41, 5.74) is 14.3. The van der Waals surface area contributed by atoms with E-state index in [1.807, 2.05) is 0 Å². The standard InChI is InChI=1S/C56H67N5S/c1-5-17-36(18-6-1)39-23-15-24-40(31-39)41-32-48(56-59-54(37-19-7-2-8-20-37)58-55(60-56)38-21-9-3-10-22-38)52(57-35-41)45-29-16-28-44-47-33-46-43-27-13-14-30-49(43)61(42-25-11-4-12-26-42)50(46)34-51(47)62-53(44)45/h2,4,7,9,11,13,15,17,21,24-25,27-28,33,37-41,43,49,51,54,57H,1,3,5-6,8,10,12,14,16,18-20,22-23,26,29-32,34-35H2,(H,58,59,60)/p+1. The quantitative estimate of drug-likeness (QED) is 0.251. The Hall–Kier alpha value is -3.87. The second-order valence-corrected chi connectivity index (χ2v) is 21.7. The van der Waals surface area contributed by atoms with Crippen molar-refractivity contribution in [1.29, 1.82) is 0 Å². The van der Waals surface area contributed by atoms with Crippen LogP contribution < -0.4 is 10.6 Å². The Morgan fingerprint density at radius 3 is 2.60 bits per heavy atom. The second kappa shape index (κ2) is 17.3. The van der Waals surface area contributed by atoms with Crippen LogP contribution in [0.15, 0.2) is 150 Å². The summed E-state index contributed by atoms with van der Waals surface area (Å²) < 4.78 is 0. The van der Waals surface area contributed by atoms with Gasteiger partial charge < -0.3 is 15.5 Å². The highest BCUT2D eigenvalue weighted by molar-refractivity contribution is 8.04. The molecule has 6 heteroatoms. The predicted octanol–water partition coefficient (Wildman–Crippen LogP) is 11.9. The average Bonchev–Trinajstić information content (AvgIpc) is 3.89. The van der Waals surface area contributed by atoms with Gasteiger partial charge in [0.25, 0.3) is 0 Å². The summed E-state index contributed by atoms with van der Waals surface area (Å²) in [5, 5.41) is 7.26. The Labute approximate surface area is 375 Å². The third kappa shape index (κ3) is 7.37. The van der Waals surface area contributed by atoms with Gasteiger partial charge in [-0.3, -0.25) is 0 Å². The van der Waals surface area contributed by atoms with Crippen molar-refractivity contribution in [2.24, 2.45) is 45.5 Å². The van der Waals surface area contributed by atoms with Crippen molar-refractivity contribution in [1.82, 2.24) is 10.2 Å². The number of nitrogens with zero attached hydrogens (tertiary/aromatic N) is 3. The molecule has 9 unspecified atom stereocenters. The molecule has 322 valence electrons. The Kier molecular flexibility index (Phi) is 11.0. The zero-order chi connectivity index (χ0) is 41.0. The molecule has 0 amide bonds. The molecule has 4 heterocycles. The smallest absolute Gasteiger partial charge is 0.147 e. The van der Waals surface area contributed by atoms with E-state index in [9.17, 15) is 0 Å². The number of amidine groups is 2. The van der Waals surface area contributed by atoms with Crippen molar-refractivity contribution < 1.29 is 5.32 Å². The Balaban J connectivity index is 0.923. The normalized spacial score (nSPS) is 36.5. The van der Waals surface area contributed by atoms with Gasteiger partial charge in [0, 0.05) is 63.3 Å². The van der Waals surface area contributed by atoms with E-state index in [1.165, 1.54) is 94.2 Å². The summed E-state index contributed by atoms with van der Waals surface area (Å²) in [6.07, 6.45) is 59.0. The van der Waals surface area contributed by atoms with Gasteiger partial charge in [0.2, 0.25) is 0 Å². The van der Waals surface area contributed by atoms with E-state index < -0.39 is 0 Å². The van der Waals surface area contributed by atoms with Gasteiger partial charge in [0.15, 0.2) is 0 Å². The minimum absolute atomic E-state index is 0.00923. The first-order valence-corrected chi connectivity index (χ1v) is 26.1. The lowest BCUT2D eigenvalue weighted by Crippen LogP contribution is -2.86. The second-order valence-electron chi connectivity index (χ2n) is 20.5. The molecular weight excluding hydrogens is 775 g/mol. The summed E-state index contributed by atoms with van der Waals surface area (Å²) >= 11 is 2.21. The van der Waals surface area contributed by atoms with Crippen LogP contribution in [0.25, 0.3) is 0 Å². The highest BCUT2D eigenvalue weighted by Gasteiger charge is 2.48. The molecule has 4 aliphatic heterocycles. The predicted molar refractivity (Wildman–Crippen MR) is 258 cm³/mol. The summed E-state index contributed by atoms with van der Waals surface area (Å²) in [6.45, 7) is 1.16. The molecule has 1 saturated heterocycles. The maximum Gasteiger partial charge on any atom is 0.147 e. The molecule has 62 heavy (non-hydrogen) atoms. The van der Waals surface area contributed by atoms with E-state index in [0.717, 1.165) is 69.7 Å². The van der Waals surface area contributed by atoms with Crippen molar-refractivity contribution >= 4 is 23.4 Å². The summed E-state index contributed by atoms with van der Waals surface area (Å²) in [5.74, 6) is 5.60. The van der Waals surface area contributed by atoms with E-state index >= 15 is 0 Å². The van der Waals surface area contributed by atoms with Crippen molar-refractivity contribution in [2.45, 2.75) is 146 Å². The van der Waals surface area contributed by atoms with Gasteiger partial charge in [-0.15, -0.1) is 11.8 Å². The van der Waals surface area contributed by atoms with Crippen LogP contribution in [0.2, 0.25) is 0 Å². The minimum Gasteiger partial charge on any atom is -0.344 e. The number of aliphatic imine (C=N–C) groups is 2. The van der Waals surface area contributed by atoms with Crippen LogP contribution in [-0.2, 0) is 0 Å². The van der Waals surface area contributed by atoms with Crippen LogP contribution >= 0.6 is 11.8 Å². The maximum absolute atomic E-state index is 5.75. The van der Waals surface area contributed by atoms with E-state index in [0.29, 0.717) is 40.9 Å². The number of allylic oxidation sites excluding steroid dienone is 17. The van der Waals surface area contributed by atoms with Gasteiger partial charge >= 0.3 is 0 Å². The van der Waals surface area contributed by atoms with Gasteiger partial charge in [-0.25, -0.2) is 9.98 Å². The summed E-state index contributed by atoms with van der Waals surface area (Å²) in [4.78, 5) is 15.7. The summed E-state index contributed by atoms with van der Waals surface area (Å²) in [7, 11) is 0. The number of quaternary nitrogens is 1. The Morgan fingerprint density at radius 1 is 0.758 bits per heavy atom. The van der Waals surface area contributed by atoms with Crippen LogP contribution in [0.1, 0.15) is 128 Å².